The minimum absolute atomic E-state index is 0.0644. The van der Waals surface area contributed by atoms with Gasteiger partial charge in [0.15, 0.2) is 0 Å². The van der Waals surface area contributed by atoms with Gasteiger partial charge < -0.3 is 10.4 Å². The topological polar surface area (TPSA) is 69.6 Å². The second-order valence-corrected chi connectivity index (χ2v) is 5.73. The molecule has 0 aliphatic heterocycles. The lowest BCUT2D eigenvalue weighted by molar-refractivity contribution is -0.138. The normalized spacial score (nSPS) is 10.9. The predicted octanol–water partition coefficient (Wildman–Crippen LogP) is 2.00. The highest BCUT2D eigenvalue weighted by Gasteiger charge is 2.15. The molecule has 0 bridgehead atoms. The predicted molar refractivity (Wildman–Crippen MR) is 82.2 cm³/mol. The van der Waals surface area contributed by atoms with Crippen LogP contribution in [0.15, 0.2) is 24.3 Å². The number of nitrogens with zero attached hydrogens (tertiary/aromatic N) is 1. The van der Waals surface area contributed by atoms with Gasteiger partial charge in [-0.2, -0.15) is 0 Å². The van der Waals surface area contributed by atoms with Crippen molar-refractivity contribution in [2.45, 2.75) is 20.4 Å². The third-order valence-electron chi connectivity index (χ3n) is 2.78. The van der Waals surface area contributed by atoms with E-state index in [9.17, 15) is 9.59 Å². The lowest BCUT2D eigenvalue weighted by Crippen LogP contribution is -2.41. The van der Waals surface area contributed by atoms with Gasteiger partial charge in [-0.05, 0) is 17.5 Å². The van der Waals surface area contributed by atoms with Crippen molar-refractivity contribution < 1.29 is 14.7 Å². The molecular weight excluding hydrogens is 292 g/mol. The van der Waals surface area contributed by atoms with E-state index >= 15 is 0 Å². The Morgan fingerprint density at radius 2 is 1.95 bits per heavy atom. The van der Waals surface area contributed by atoms with Gasteiger partial charge in [-0.1, -0.05) is 43.6 Å². The second kappa shape index (κ2) is 8.64. The number of hydrogen-bond donors (Lipinski definition) is 2. The van der Waals surface area contributed by atoms with Crippen molar-refractivity contribution in [1.29, 1.82) is 0 Å². The molecule has 0 saturated carbocycles. The average molecular weight is 313 g/mol. The van der Waals surface area contributed by atoms with Crippen molar-refractivity contribution >= 4 is 23.5 Å². The zero-order valence-electron chi connectivity index (χ0n) is 12.3. The Bertz CT molecular complexity index is 492. The van der Waals surface area contributed by atoms with Crippen molar-refractivity contribution in [3.63, 3.8) is 0 Å². The molecule has 0 atom stereocenters. The highest BCUT2D eigenvalue weighted by Crippen LogP contribution is 2.14. The summed E-state index contributed by atoms with van der Waals surface area (Å²) in [7, 11) is 0. The fraction of sp³-hybridized carbons (Fsp3) is 0.467. The molecule has 0 aromatic heterocycles. The van der Waals surface area contributed by atoms with E-state index in [1.54, 1.807) is 11.0 Å². The van der Waals surface area contributed by atoms with Gasteiger partial charge in [0.05, 0.1) is 13.1 Å². The number of rotatable bonds is 8. The molecule has 116 valence electrons. The number of carboxylic acid groups (broad SMARTS) is 1. The number of amides is 1. The molecular formula is C15H21ClN2O3. The smallest absolute Gasteiger partial charge is 0.317 e. The van der Waals surface area contributed by atoms with Gasteiger partial charge in [-0.25, -0.2) is 0 Å². The summed E-state index contributed by atoms with van der Waals surface area (Å²) in [6.45, 7) is 4.78. The molecule has 0 spiro atoms. The summed E-state index contributed by atoms with van der Waals surface area (Å²) >= 11 is 6.01. The quantitative estimate of drug-likeness (QED) is 0.770. The standard InChI is InChI=1S/C15H21ClN2O3/c1-11(2)8-18(10-15(20)21)9-14(19)17-7-12-5-3-4-6-13(12)16/h3-6,11H,7-10H2,1-2H3,(H,17,19)(H,20,21). The number of carboxylic acids is 1. The van der Waals surface area contributed by atoms with Crippen LogP contribution in [0.3, 0.4) is 0 Å². The number of carbonyl (C=O) groups is 2. The Balaban J connectivity index is 2.50. The summed E-state index contributed by atoms with van der Waals surface area (Å²) in [6, 6.07) is 7.28. The van der Waals surface area contributed by atoms with Gasteiger partial charge in [-0.15, -0.1) is 0 Å². The van der Waals surface area contributed by atoms with Crippen LogP contribution >= 0.6 is 11.6 Å². The highest BCUT2D eigenvalue weighted by atomic mass is 35.5. The number of hydrogen-bond acceptors (Lipinski definition) is 3. The van der Waals surface area contributed by atoms with Crippen LogP contribution in [0.5, 0.6) is 0 Å². The average Bonchev–Trinajstić information content (AvgIpc) is 2.36. The molecule has 0 heterocycles. The van der Waals surface area contributed by atoms with Crippen LogP contribution in [0.1, 0.15) is 19.4 Å². The molecule has 1 amide bonds. The first-order valence-corrected chi connectivity index (χ1v) is 7.20. The van der Waals surface area contributed by atoms with E-state index in [0.29, 0.717) is 24.0 Å². The second-order valence-electron chi connectivity index (χ2n) is 5.33. The number of benzene rings is 1. The first-order chi connectivity index (χ1) is 9.88. The van der Waals surface area contributed by atoms with E-state index in [1.807, 2.05) is 32.0 Å². The first-order valence-electron chi connectivity index (χ1n) is 6.82. The summed E-state index contributed by atoms with van der Waals surface area (Å²) < 4.78 is 0. The summed E-state index contributed by atoms with van der Waals surface area (Å²) in [4.78, 5) is 24.3. The Labute approximate surface area is 129 Å². The lowest BCUT2D eigenvalue weighted by atomic mass is 10.2. The molecule has 0 aliphatic rings. The molecule has 1 rings (SSSR count). The minimum Gasteiger partial charge on any atom is -0.480 e. The van der Waals surface area contributed by atoms with E-state index < -0.39 is 5.97 Å². The largest absolute Gasteiger partial charge is 0.480 e. The van der Waals surface area contributed by atoms with Gasteiger partial charge in [-0.3, -0.25) is 14.5 Å². The van der Waals surface area contributed by atoms with Gasteiger partial charge >= 0.3 is 5.97 Å². The fourth-order valence-corrected chi connectivity index (χ4v) is 2.19. The van der Waals surface area contributed by atoms with Gasteiger partial charge in [0.2, 0.25) is 5.91 Å². The van der Waals surface area contributed by atoms with Crippen molar-refractivity contribution in [3.05, 3.63) is 34.9 Å². The Morgan fingerprint density at radius 1 is 1.29 bits per heavy atom. The van der Waals surface area contributed by atoms with Gasteiger partial charge in [0.25, 0.3) is 0 Å². The molecule has 1 aromatic carbocycles. The van der Waals surface area contributed by atoms with Crippen molar-refractivity contribution in [1.82, 2.24) is 10.2 Å². The van der Waals surface area contributed by atoms with E-state index in [-0.39, 0.29) is 19.0 Å². The monoisotopic (exact) mass is 312 g/mol. The van der Waals surface area contributed by atoms with E-state index in [4.69, 9.17) is 16.7 Å². The van der Waals surface area contributed by atoms with E-state index in [0.717, 1.165) is 5.56 Å². The van der Waals surface area contributed by atoms with Crippen LogP contribution in [0, 0.1) is 5.92 Å². The molecule has 0 unspecified atom stereocenters. The molecule has 0 fully saturated rings. The van der Waals surface area contributed by atoms with Crippen LogP contribution in [-0.4, -0.2) is 41.5 Å². The van der Waals surface area contributed by atoms with E-state index in [2.05, 4.69) is 5.32 Å². The van der Waals surface area contributed by atoms with Crippen LogP contribution in [0.2, 0.25) is 5.02 Å². The minimum atomic E-state index is -0.936. The molecule has 0 saturated heterocycles. The molecule has 21 heavy (non-hydrogen) atoms. The fourth-order valence-electron chi connectivity index (χ4n) is 1.99. The third kappa shape index (κ3) is 7.11. The summed E-state index contributed by atoms with van der Waals surface area (Å²) in [6.07, 6.45) is 0. The maximum atomic E-state index is 11.9. The van der Waals surface area contributed by atoms with Crippen molar-refractivity contribution in [2.24, 2.45) is 5.92 Å². The Kier molecular flexibility index (Phi) is 7.19. The molecule has 6 heteroatoms. The first kappa shape index (κ1) is 17.5. The van der Waals surface area contributed by atoms with Crippen LogP contribution < -0.4 is 5.32 Å². The number of aliphatic carboxylic acids is 1. The van der Waals surface area contributed by atoms with E-state index in [1.165, 1.54) is 0 Å². The Hall–Kier alpha value is -1.59. The zero-order valence-corrected chi connectivity index (χ0v) is 13.1. The SMILES string of the molecule is CC(C)CN(CC(=O)O)CC(=O)NCc1ccccc1Cl. The number of carbonyl (C=O) groups excluding carboxylic acids is 1. The maximum Gasteiger partial charge on any atom is 0.317 e. The summed E-state index contributed by atoms with van der Waals surface area (Å²) in [5, 5.41) is 12.2. The maximum absolute atomic E-state index is 11.9. The van der Waals surface area contributed by atoms with Crippen molar-refractivity contribution in [2.75, 3.05) is 19.6 Å². The number of halogens is 1. The molecule has 2 N–H and O–H groups in total. The Morgan fingerprint density at radius 3 is 2.52 bits per heavy atom. The molecule has 0 aliphatic carbocycles. The molecule has 1 aromatic rings. The lowest BCUT2D eigenvalue weighted by Gasteiger charge is -2.21. The molecule has 5 nitrogen and oxygen atoms in total. The van der Waals surface area contributed by atoms with Crippen molar-refractivity contribution in [3.8, 4) is 0 Å². The van der Waals surface area contributed by atoms with Gasteiger partial charge in [0, 0.05) is 18.1 Å². The summed E-state index contributed by atoms with van der Waals surface area (Å²) in [5.74, 6) is -0.855. The zero-order chi connectivity index (χ0) is 15.8. The highest BCUT2D eigenvalue weighted by molar-refractivity contribution is 6.31. The third-order valence-corrected chi connectivity index (χ3v) is 3.15. The summed E-state index contributed by atoms with van der Waals surface area (Å²) in [5.41, 5.74) is 0.834. The van der Waals surface area contributed by atoms with Gasteiger partial charge in [0.1, 0.15) is 0 Å². The molecule has 0 radical (unpaired) electrons. The van der Waals surface area contributed by atoms with Crippen LogP contribution in [-0.2, 0) is 16.1 Å². The van der Waals surface area contributed by atoms with Crippen LogP contribution in [0.4, 0.5) is 0 Å². The number of nitrogens with one attached hydrogen (secondary N) is 1. The van der Waals surface area contributed by atoms with Crippen LogP contribution in [0.25, 0.3) is 0 Å².